The fraction of sp³-hybridized carbons (Fsp3) is 0.163. The number of nitrogens with two attached hydrogens (primary N) is 1. The first kappa shape index (κ1) is 42.0. The summed E-state index contributed by atoms with van der Waals surface area (Å²) in [5.41, 5.74) is 12.3. The molecule has 13 heteroatoms. The van der Waals surface area contributed by atoms with Crippen molar-refractivity contribution in [1.29, 1.82) is 0 Å². The third-order valence-electron chi connectivity index (χ3n) is 8.18. The summed E-state index contributed by atoms with van der Waals surface area (Å²) < 4.78 is 37.0. The fourth-order valence-corrected chi connectivity index (χ4v) is 5.30. The number of carboxylic acids is 1. The van der Waals surface area contributed by atoms with Gasteiger partial charge >= 0.3 is 12.1 Å². The molecule has 5 rings (SSSR count). The van der Waals surface area contributed by atoms with Crippen LogP contribution in [0.5, 0.6) is 5.75 Å². The standard InChI is InChI=1S/C41H40N4O4.C2HF3O2/c1-49-36-23-17-31(18-24-36)12-11-30-15-21-35(22-16-30)45(40(47)28-44-39(46)27-32-7-3-2-4-8-32)29-33-13-19-34(20-14-33)37-9-5-6-10-38(37)41(48)43-26-25-42;3-2(4,5)1(6)7/h2-24H,25-29,42H2,1H3,(H,43,48)(H,44,46);(H,6,7)/b12-11+;. The van der Waals surface area contributed by atoms with Crippen LogP contribution in [0, 0.1) is 0 Å². The molecule has 0 saturated carbocycles. The van der Waals surface area contributed by atoms with Gasteiger partial charge in [0, 0.05) is 24.3 Å². The fourth-order valence-electron chi connectivity index (χ4n) is 5.30. The molecule has 5 N–H and O–H groups in total. The van der Waals surface area contributed by atoms with E-state index < -0.39 is 12.1 Å². The normalized spacial score (nSPS) is 10.9. The van der Waals surface area contributed by atoms with Crippen LogP contribution in [-0.2, 0) is 27.3 Å². The minimum Gasteiger partial charge on any atom is -0.497 e. The molecule has 0 heterocycles. The molecular weight excluding hydrogens is 725 g/mol. The Morgan fingerprint density at radius 2 is 1.32 bits per heavy atom. The van der Waals surface area contributed by atoms with Gasteiger partial charge in [-0.3, -0.25) is 14.4 Å². The molecular formula is C43H41F3N4O6. The number of carbonyl (C=O) groups excluding carboxylic acids is 3. The predicted octanol–water partition coefficient (Wildman–Crippen LogP) is 6.75. The van der Waals surface area contributed by atoms with E-state index >= 15 is 0 Å². The van der Waals surface area contributed by atoms with Gasteiger partial charge < -0.3 is 31.1 Å². The molecule has 0 aliphatic carbocycles. The van der Waals surface area contributed by atoms with Crippen LogP contribution in [0.1, 0.15) is 32.6 Å². The number of methoxy groups -OCH3 is 1. The molecule has 0 atom stereocenters. The van der Waals surface area contributed by atoms with Gasteiger partial charge in [0.25, 0.3) is 5.91 Å². The van der Waals surface area contributed by atoms with Crippen molar-refractivity contribution in [1.82, 2.24) is 10.6 Å². The Hall–Kier alpha value is -6.73. The van der Waals surface area contributed by atoms with E-state index in [1.165, 1.54) is 0 Å². The molecule has 0 bridgehead atoms. The van der Waals surface area contributed by atoms with E-state index in [1.807, 2.05) is 133 Å². The number of carbonyl (C=O) groups is 4. The van der Waals surface area contributed by atoms with Crippen LogP contribution in [0.25, 0.3) is 23.3 Å². The Labute approximate surface area is 322 Å². The first-order valence-corrected chi connectivity index (χ1v) is 17.4. The highest BCUT2D eigenvalue weighted by Crippen LogP contribution is 2.26. The van der Waals surface area contributed by atoms with Crippen molar-refractivity contribution in [3.05, 3.63) is 155 Å². The average molecular weight is 767 g/mol. The lowest BCUT2D eigenvalue weighted by Gasteiger charge is -2.24. The second kappa shape index (κ2) is 20.7. The smallest absolute Gasteiger partial charge is 0.490 e. The monoisotopic (exact) mass is 766 g/mol. The number of aliphatic carboxylic acids is 1. The summed E-state index contributed by atoms with van der Waals surface area (Å²) in [5.74, 6) is -2.61. The molecule has 3 amide bonds. The summed E-state index contributed by atoms with van der Waals surface area (Å²) >= 11 is 0. The maximum Gasteiger partial charge on any atom is 0.490 e. The zero-order valence-corrected chi connectivity index (χ0v) is 30.5. The minimum absolute atomic E-state index is 0.145. The van der Waals surface area contributed by atoms with Gasteiger partial charge in [-0.15, -0.1) is 0 Å². The molecule has 0 unspecified atom stereocenters. The van der Waals surface area contributed by atoms with Crippen molar-refractivity contribution in [2.75, 3.05) is 31.6 Å². The predicted molar refractivity (Wildman–Crippen MR) is 210 cm³/mol. The zero-order valence-electron chi connectivity index (χ0n) is 30.5. The lowest BCUT2D eigenvalue weighted by molar-refractivity contribution is -0.192. The molecule has 0 saturated heterocycles. The van der Waals surface area contributed by atoms with Gasteiger partial charge in [-0.05, 0) is 63.7 Å². The number of nitrogens with zero attached hydrogens (tertiary/aromatic N) is 1. The number of alkyl halides is 3. The van der Waals surface area contributed by atoms with Crippen molar-refractivity contribution in [2.45, 2.75) is 19.1 Å². The lowest BCUT2D eigenvalue weighted by atomic mass is 9.98. The van der Waals surface area contributed by atoms with Crippen molar-refractivity contribution in [2.24, 2.45) is 5.73 Å². The Kier molecular flexibility index (Phi) is 15.5. The molecule has 0 radical (unpaired) electrons. The number of amides is 3. The molecule has 5 aromatic rings. The van der Waals surface area contributed by atoms with Gasteiger partial charge in [0.2, 0.25) is 11.8 Å². The molecule has 0 fully saturated rings. The summed E-state index contributed by atoms with van der Waals surface area (Å²) in [5, 5.41) is 12.8. The van der Waals surface area contributed by atoms with Gasteiger partial charge in [0.05, 0.1) is 26.6 Å². The van der Waals surface area contributed by atoms with Crippen LogP contribution < -0.4 is 26.0 Å². The van der Waals surface area contributed by atoms with E-state index in [4.69, 9.17) is 20.4 Å². The van der Waals surface area contributed by atoms with E-state index in [9.17, 15) is 27.6 Å². The van der Waals surface area contributed by atoms with Crippen molar-refractivity contribution in [3.8, 4) is 16.9 Å². The van der Waals surface area contributed by atoms with Crippen LogP contribution in [0.4, 0.5) is 18.9 Å². The minimum atomic E-state index is -5.08. The maximum atomic E-state index is 13.7. The van der Waals surface area contributed by atoms with Gasteiger partial charge in [-0.2, -0.15) is 13.2 Å². The molecule has 0 aliphatic heterocycles. The molecule has 0 aromatic heterocycles. The van der Waals surface area contributed by atoms with Gasteiger partial charge in [0.1, 0.15) is 5.75 Å². The zero-order chi connectivity index (χ0) is 40.5. The highest BCUT2D eigenvalue weighted by Gasteiger charge is 2.38. The maximum absolute atomic E-state index is 13.7. The third-order valence-corrected chi connectivity index (χ3v) is 8.18. The molecule has 0 spiro atoms. The van der Waals surface area contributed by atoms with E-state index in [1.54, 1.807) is 18.1 Å². The second-order valence-corrected chi connectivity index (χ2v) is 12.2. The second-order valence-electron chi connectivity index (χ2n) is 12.2. The Morgan fingerprint density at radius 1 is 0.750 bits per heavy atom. The molecule has 10 nitrogen and oxygen atoms in total. The average Bonchev–Trinajstić information content (AvgIpc) is 3.21. The highest BCUT2D eigenvalue weighted by atomic mass is 19.4. The van der Waals surface area contributed by atoms with E-state index in [2.05, 4.69) is 10.6 Å². The van der Waals surface area contributed by atoms with E-state index in [0.717, 1.165) is 39.1 Å². The first-order valence-electron chi connectivity index (χ1n) is 17.4. The van der Waals surface area contributed by atoms with Crippen LogP contribution in [-0.4, -0.2) is 61.7 Å². The van der Waals surface area contributed by atoms with Crippen LogP contribution in [0.2, 0.25) is 0 Å². The molecule has 0 aliphatic rings. The lowest BCUT2D eigenvalue weighted by Crippen LogP contribution is -2.40. The number of halogens is 3. The summed E-state index contributed by atoms with van der Waals surface area (Å²) in [4.78, 5) is 49.7. The van der Waals surface area contributed by atoms with Crippen LogP contribution >= 0.6 is 0 Å². The van der Waals surface area contributed by atoms with Crippen LogP contribution in [0.3, 0.4) is 0 Å². The third kappa shape index (κ3) is 13.0. The summed E-state index contributed by atoms with van der Waals surface area (Å²) in [7, 11) is 1.64. The number of hydrogen-bond donors (Lipinski definition) is 4. The van der Waals surface area contributed by atoms with E-state index in [0.29, 0.717) is 24.3 Å². The Balaban J connectivity index is 0.000000908. The summed E-state index contributed by atoms with van der Waals surface area (Å²) in [6.45, 7) is 0.891. The number of nitrogens with one attached hydrogen (secondary N) is 2. The SMILES string of the molecule is COc1ccc(/C=C/c2ccc(N(Cc3ccc(-c4ccccc4C(=O)NCCN)cc3)C(=O)CNC(=O)Cc3ccccc3)cc2)cc1.O=C(O)C(F)(F)F. The van der Waals surface area contributed by atoms with Gasteiger partial charge in [-0.1, -0.05) is 109 Å². The molecule has 290 valence electrons. The van der Waals surface area contributed by atoms with Crippen LogP contribution in [0.15, 0.2) is 127 Å². The first-order chi connectivity index (χ1) is 26.9. The number of ether oxygens (including phenoxy) is 1. The largest absolute Gasteiger partial charge is 0.497 e. The van der Waals surface area contributed by atoms with Crippen molar-refractivity contribution < 1.29 is 42.2 Å². The molecule has 5 aromatic carbocycles. The van der Waals surface area contributed by atoms with Gasteiger partial charge in [-0.25, -0.2) is 4.79 Å². The van der Waals surface area contributed by atoms with Gasteiger partial charge in [0.15, 0.2) is 0 Å². The number of carboxylic acid groups (broad SMARTS) is 1. The topological polar surface area (TPSA) is 151 Å². The number of hydrogen-bond acceptors (Lipinski definition) is 6. The van der Waals surface area contributed by atoms with Crippen molar-refractivity contribution in [3.63, 3.8) is 0 Å². The van der Waals surface area contributed by atoms with Crippen molar-refractivity contribution >= 4 is 41.5 Å². The summed E-state index contributed by atoms with van der Waals surface area (Å²) in [6, 6.07) is 40.2. The number of benzene rings is 5. The number of anilines is 1. The van der Waals surface area contributed by atoms with E-state index in [-0.39, 0.29) is 37.2 Å². The highest BCUT2D eigenvalue weighted by molar-refractivity contribution is 6.01. The number of rotatable bonds is 14. The Morgan fingerprint density at radius 3 is 1.89 bits per heavy atom. The Bertz CT molecular complexity index is 2090. The summed E-state index contributed by atoms with van der Waals surface area (Å²) in [6.07, 6.45) is -0.869. The molecule has 56 heavy (non-hydrogen) atoms. The quantitative estimate of drug-likeness (QED) is 0.0914.